The molecule has 1 aliphatic carbocycles. The summed E-state index contributed by atoms with van der Waals surface area (Å²) >= 11 is 0. The molecule has 0 aromatic heterocycles. The van der Waals surface area contributed by atoms with E-state index in [0.717, 1.165) is 38.5 Å². The van der Waals surface area contributed by atoms with E-state index in [-0.39, 0.29) is 17.1 Å². The van der Waals surface area contributed by atoms with Crippen LogP contribution >= 0.6 is 0 Å². The van der Waals surface area contributed by atoms with Gasteiger partial charge in [-0.05, 0) is 51.9 Å². The standard InChI is InChI=1S/C20H40O4/c1-9-18(7,10-2)21-23-20(15-16(5)13-14-17(20)6)24-22-19(8,11-3)12-4/h16-17H,9-15H2,1-8H3. The Bertz CT molecular complexity index is 339. The van der Waals surface area contributed by atoms with Crippen molar-refractivity contribution in [3.63, 3.8) is 0 Å². The van der Waals surface area contributed by atoms with Gasteiger partial charge in [0.25, 0.3) is 0 Å². The van der Waals surface area contributed by atoms with Gasteiger partial charge in [-0.3, -0.25) is 0 Å². The van der Waals surface area contributed by atoms with E-state index in [1.807, 2.05) is 0 Å². The number of hydrogen-bond donors (Lipinski definition) is 0. The molecule has 4 nitrogen and oxygen atoms in total. The molecule has 0 heterocycles. The van der Waals surface area contributed by atoms with Crippen LogP contribution in [0.4, 0.5) is 0 Å². The maximum absolute atomic E-state index is 6.04. The van der Waals surface area contributed by atoms with Gasteiger partial charge in [-0.15, -0.1) is 0 Å². The SMILES string of the molecule is CCC(C)(CC)OOC1(OOC(C)(CC)CC)CC(C)CCC1C. The third-order valence-electron chi connectivity index (χ3n) is 6.24. The molecule has 0 aromatic rings. The molecule has 0 N–H and O–H groups in total. The predicted octanol–water partition coefficient (Wildman–Crippen LogP) is 6.19. The smallest absolute Gasteiger partial charge is 0.227 e. The molecule has 0 amide bonds. The second-order valence-corrected chi connectivity index (χ2v) is 8.25. The van der Waals surface area contributed by atoms with Gasteiger partial charge in [-0.25, -0.2) is 9.78 Å². The molecular weight excluding hydrogens is 304 g/mol. The molecule has 2 atom stereocenters. The average molecular weight is 345 g/mol. The monoisotopic (exact) mass is 344 g/mol. The molecule has 0 spiro atoms. The summed E-state index contributed by atoms with van der Waals surface area (Å²) in [7, 11) is 0. The van der Waals surface area contributed by atoms with Crippen LogP contribution in [-0.4, -0.2) is 17.0 Å². The fraction of sp³-hybridized carbons (Fsp3) is 1.00. The first kappa shape index (κ1) is 21.9. The first-order valence-electron chi connectivity index (χ1n) is 9.91. The van der Waals surface area contributed by atoms with E-state index in [1.165, 1.54) is 6.42 Å². The van der Waals surface area contributed by atoms with Crippen molar-refractivity contribution >= 4 is 0 Å². The van der Waals surface area contributed by atoms with Crippen LogP contribution in [0.1, 0.15) is 100 Å². The molecule has 144 valence electrons. The van der Waals surface area contributed by atoms with Crippen LogP contribution in [0.5, 0.6) is 0 Å². The van der Waals surface area contributed by atoms with Crippen molar-refractivity contribution < 1.29 is 19.6 Å². The molecule has 0 aromatic carbocycles. The largest absolute Gasteiger partial charge is 0.236 e. The van der Waals surface area contributed by atoms with Gasteiger partial charge < -0.3 is 0 Å². The van der Waals surface area contributed by atoms with Gasteiger partial charge in [0.05, 0.1) is 0 Å². The summed E-state index contributed by atoms with van der Waals surface area (Å²) in [6.07, 6.45) is 6.61. The molecular formula is C20H40O4. The maximum atomic E-state index is 6.04. The zero-order chi connectivity index (χ0) is 18.4. The van der Waals surface area contributed by atoms with Crippen LogP contribution in [0, 0.1) is 11.8 Å². The lowest BCUT2D eigenvalue weighted by molar-refractivity contribution is -0.561. The minimum absolute atomic E-state index is 0.227. The van der Waals surface area contributed by atoms with E-state index in [4.69, 9.17) is 19.6 Å². The van der Waals surface area contributed by atoms with Crippen LogP contribution in [-0.2, 0) is 19.6 Å². The Morgan fingerprint density at radius 3 is 1.58 bits per heavy atom. The van der Waals surface area contributed by atoms with Crippen molar-refractivity contribution in [1.82, 2.24) is 0 Å². The minimum Gasteiger partial charge on any atom is -0.227 e. The third kappa shape index (κ3) is 5.42. The maximum Gasteiger partial charge on any atom is 0.236 e. The fourth-order valence-corrected chi connectivity index (χ4v) is 2.87. The topological polar surface area (TPSA) is 36.9 Å². The molecule has 1 fully saturated rings. The van der Waals surface area contributed by atoms with Gasteiger partial charge in [0.1, 0.15) is 11.2 Å². The number of hydrogen-bond acceptors (Lipinski definition) is 4. The highest BCUT2D eigenvalue weighted by Gasteiger charge is 2.48. The summed E-state index contributed by atoms with van der Waals surface area (Å²) in [5, 5.41) is 0. The van der Waals surface area contributed by atoms with Gasteiger partial charge in [-0.1, -0.05) is 48.0 Å². The molecule has 0 radical (unpaired) electrons. The summed E-state index contributed by atoms with van der Waals surface area (Å²) in [4.78, 5) is 23.9. The van der Waals surface area contributed by atoms with Crippen molar-refractivity contribution in [2.75, 3.05) is 0 Å². The summed E-state index contributed by atoms with van der Waals surface area (Å²) in [6.45, 7) is 17.1. The second-order valence-electron chi connectivity index (χ2n) is 8.25. The van der Waals surface area contributed by atoms with Gasteiger partial charge in [0, 0.05) is 12.3 Å². The van der Waals surface area contributed by atoms with Gasteiger partial charge in [-0.2, -0.15) is 9.78 Å². The molecule has 2 unspecified atom stereocenters. The molecule has 1 rings (SSSR count). The van der Waals surface area contributed by atoms with Crippen molar-refractivity contribution in [2.24, 2.45) is 11.8 Å². The minimum atomic E-state index is -0.825. The number of rotatable bonds is 10. The fourth-order valence-electron chi connectivity index (χ4n) is 2.87. The lowest BCUT2D eigenvalue weighted by Crippen LogP contribution is -2.50. The Labute approximate surface area is 149 Å². The Kier molecular flexibility index (Phi) is 8.18. The van der Waals surface area contributed by atoms with Gasteiger partial charge >= 0.3 is 0 Å². The zero-order valence-electron chi connectivity index (χ0n) is 17.2. The van der Waals surface area contributed by atoms with E-state index in [0.29, 0.717) is 5.92 Å². The van der Waals surface area contributed by atoms with E-state index in [2.05, 4.69) is 55.4 Å². The Morgan fingerprint density at radius 1 is 0.792 bits per heavy atom. The van der Waals surface area contributed by atoms with Crippen LogP contribution in [0.3, 0.4) is 0 Å². The van der Waals surface area contributed by atoms with Crippen LogP contribution in [0.15, 0.2) is 0 Å². The molecule has 0 bridgehead atoms. The average Bonchev–Trinajstić information content (AvgIpc) is 2.60. The highest BCUT2D eigenvalue weighted by atomic mass is 17.3. The van der Waals surface area contributed by atoms with Crippen LogP contribution in [0.25, 0.3) is 0 Å². The Balaban J connectivity index is 2.91. The van der Waals surface area contributed by atoms with Crippen molar-refractivity contribution in [2.45, 2.75) is 117 Å². The predicted molar refractivity (Wildman–Crippen MR) is 97.2 cm³/mol. The lowest BCUT2D eigenvalue weighted by atomic mass is 9.79. The van der Waals surface area contributed by atoms with E-state index in [1.54, 1.807) is 0 Å². The third-order valence-corrected chi connectivity index (χ3v) is 6.24. The highest BCUT2D eigenvalue weighted by molar-refractivity contribution is 4.84. The quantitative estimate of drug-likeness (QED) is 0.269. The molecule has 1 aliphatic rings. The summed E-state index contributed by atoms with van der Waals surface area (Å²) in [5.41, 5.74) is -0.592. The summed E-state index contributed by atoms with van der Waals surface area (Å²) in [6, 6.07) is 0. The molecule has 0 saturated heterocycles. The van der Waals surface area contributed by atoms with Crippen molar-refractivity contribution in [1.29, 1.82) is 0 Å². The van der Waals surface area contributed by atoms with Crippen molar-refractivity contribution in [3.8, 4) is 0 Å². The van der Waals surface area contributed by atoms with Crippen molar-refractivity contribution in [3.05, 3.63) is 0 Å². The normalized spacial score (nSPS) is 25.0. The molecule has 0 aliphatic heterocycles. The summed E-state index contributed by atoms with van der Waals surface area (Å²) < 4.78 is 0. The van der Waals surface area contributed by atoms with E-state index in [9.17, 15) is 0 Å². The van der Waals surface area contributed by atoms with Gasteiger partial charge in [0.2, 0.25) is 5.79 Å². The zero-order valence-corrected chi connectivity index (χ0v) is 17.2. The van der Waals surface area contributed by atoms with Crippen LogP contribution < -0.4 is 0 Å². The Hall–Kier alpha value is -0.160. The van der Waals surface area contributed by atoms with E-state index >= 15 is 0 Å². The van der Waals surface area contributed by atoms with Gasteiger partial charge in [0.15, 0.2) is 0 Å². The molecule has 24 heavy (non-hydrogen) atoms. The first-order valence-corrected chi connectivity index (χ1v) is 9.91. The second kappa shape index (κ2) is 8.98. The molecule has 4 heteroatoms. The van der Waals surface area contributed by atoms with Crippen LogP contribution in [0.2, 0.25) is 0 Å². The Morgan fingerprint density at radius 2 is 1.21 bits per heavy atom. The summed E-state index contributed by atoms with van der Waals surface area (Å²) in [5.74, 6) is -0.0726. The highest BCUT2D eigenvalue weighted by Crippen LogP contribution is 2.43. The first-order chi connectivity index (χ1) is 11.2. The lowest BCUT2D eigenvalue weighted by Gasteiger charge is -2.44. The molecule has 1 saturated carbocycles. The van der Waals surface area contributed by atoms with E-state index < -0.39 is 5.79 Å².